The highest BCUT2D eigenvalue weighted by Crippen LogP contribution is 2.24. The minimum atomic E-state index is -0.687. The number of allylic oxidation sites excluding steroid dienone is 1. The summed E-state index contributed by atoms with van der Waals surface area (Å²) >= 11 is 0. The lowest BCUT2D eigenvalue weighted by Gasteiger charge is -2.24. The van der Waals surface area contributed by atoms with Crippen molar-refractivity contribution in [2.24, 2.45) is 0 Å². The molecule has 0 amide bonds. The van der Waals surface area contributed by atoms with Gasteiger partial charge in [0.05, 0.1) is 5.60 Å². The molecule has 0 radical (unpaired) electrons. The number of terminal acetylenes is 1. The maximum Gasteiger partial charge on any atom is 0.0936 e. The average Bonchev–Trinajstić information content (AvgIpc) is 1.89. The zero-order valence-electron chi connectivity index (χ0n) is 6.01. The van der Waals surface area contributed by atoms with Crippen LogP contribution >= 0.6 is 0 Å². The second-order valence-electron chi connectivity index (χ2n) is 2.78. The van der Waals surface area contributed by atoms with E-state index in [0.717, 1.165) is 19.3 Å². The van der Waals surface area contributed by atoms with Crippen molar-refractivity contribution in [3.63, 3.8) is 0 Å². The summed E-state index contributed by atoms with van der Waals surface area (Å²) in [5, 5.41) is 9.64. The molecule has 0 heterocycles. The highest BCUT2D eigenvalue weighted by atomic mass is 16.3. The lowest BCUT2D eigenvalue weighted by atomic mass is 9.89. The van der Waals surface area contributed by atoms with Crippen molar-refractivity contribution >= 4 is 0 Å². The number of aliphatic hydroxyl groups is 1. The van der Waals surface area contributed by atoms with E-state index in [2.05, 4.69) is 5.92 Å². The van der Waals surface area contributed by atoms with Crippen molar-refractivity contribution in [1.82, 2.24) is 0 Å². The summed E-state index contributed by atoms with van der Waals surface area (Å²) in [5.41, 5.74) is -0.687. The first-order chi connectivity index (χ1) is 4.77. The fraction of sp³-hybridized carbons (Fsp3) is 0.556. The molecule has 0 saturated carbocycles. The molecule has 0 aromatic heterocycles. The Morgan fingerprint density at radius 1 is 1.70 bits per heavy atom. The normalized spacial score (nSPS) is 31.6. The molecule has 0 aromatic carbocycles. The predicted molar refractivity (Wildman–Crippen MR) is 41.4 cm³/mol. The molecule has 1 N–H and O–H groups in total. The quantitative estimate of drug-likeness (QED) is 0.427. The third-order valence-electron chi connectivity index (χ3n) is 1.82. The van der Waals surface area contributed by atoms with Gasteiger partial charge in [0.2, 0.25) is 0 Å². The van der Waals surface area contributed by atoms with Crippen molar-refractivity contribution < 1.29 is 5.11 Å². The second-order valence-corrected chi connectivity index (χ2v) is 2.78. The third-order valence-corrected chi connectivity index (χ3v) is 1.82. The zero-order valence-corrected chi connectivity index (χ0v) is 6.01. The number of hydrogen-bond donors (Lipinski definition) is 1. The Balaban J connectivity index is 2.58. The van der Waals surface area contributed by atoms with E-state index in [1.807, 2.05) is 12.2 Å². The van der Waals surface area contributed by atoms with Gasteiger partial charge in [-0.15, -0.1) is 12.3 Å². The fourth-order valence-electron chi connectivity index (χ4n) is 1.24. The van der Waals surface area contributed by atoms with E-state index in [1.54, 1.807) is 0 Å². The highest BCUT2D eigenvalue weighted by molar-refractivity contribution is 5.10. The molecule has 1 unspecified atom stereocenters. The molecule has 0 saturated heterocycles. The first-order valence-electron chi connectivity index (χ1n) is 3.60. The second kappa shape index (κ2) is 2.90. The zero-order chi connectivity index (χ0) is 7.45. The van der Waals surface area contributed by atoms with E-state index < -0.39 is 5.60 Å². The maximum atomic E-state index is 9.64. The van der Waals surface area contributed by atoms with Gasteiger partial charge in [0.15, 0.2) is 0 Å². The Hall–Kier alpha value is -0.740. The molecular weight excluding hydrogens is 124 g/mol. The molecule has 0 bridgehead atoms. The molecular formula is C9H12O. The average molecular weight is 136 g/mol. The van der Waals surface area contributed by atoms with Crippen molar-refractivity contribution in [3.05, 3.63) is 12.2 Å². The van der Waals surface area contributed by atoms with Crippen LogP contribution in [0.2, 0.25) is 0 Å². The van der Waals surface area contributed by atoms with Gasteiger partial charge >= 0.3 is 0 Å². The van der Waals surface area contributed by atoms with Crippen LogP contribution in [0.4, 0.5) is 0 Å². The Bertz CT molecular complexity index is 176. The fourth-order valence-corrected chi connectivity index (χ4v) is 1.24. The Morgan fingerprint density at radius 2 is 2.50 bits per heavy atom. The van der Waals surface area contributed by atoms with Crippen LogP contribution in [0.25, 0.3) is 0 Å². The van der Waals surface area contributed by atoms with E-state index in [-0.39, 0.29) is 0 Å². The Kier molecular flexibility index (Phi) is 2.13. The molecule has 0 fully saturated rings. The van der Waals surface area contributed by atoms with E-state index in [1.165, 1.54) is 0 Å². The Morgan fingerprint density at radius 3 is 3.00 bits per heavy atom. The van der Waals surface area contributed by atoms with Gasteiger partial charge in [0.1, 0.15) is 0 Å². The summed E-state index contributed by atoms with van der Waals surface area (Å²) in [7, 11) is 0. The molecule has 1 aliphatic rings. The molecule has 10 heavy (non-hydrogen) atoms. The lowest BCUT2D eigenvalue weighted by Crippen LogP contribution is -2.26. The molecule has 1 atom stereocenters. The smallest absolute Gasteiger partial charge is 0.0936 e. The first kappa shape index (κ1) is 7.37. The molecule has 1 nitrogen and oxygen atoms in total. The third kappa shape index (κ3) is 1.62. The topological polar surface area (TPSA) is 20.2 Å². The van der Waals surface area contributed by atoms with E-state index in [4.69, 9.17) is 6.42 Å². The number of rotatable bonds is 1. The predicted octanol–water partition coefficient (Wildman–Crippen LogP) is 1.48. The van der Waals surface area contributed by atoms with E-state index >= 15 is 0 Å². The number of hydrogen-bond acceptors (Lipinski definition) is 1. The summed E-state index contributed by atoms with van der Waals surface area (Å²) in [6.45, 7) is 0. The molecule has 0 aliphatic heterocycles. The van der Waals surface area contributed by atoms with Gasteiger partial charge in [0, 0.05) is 6.42 Å². The van der Waals surface area contributed by atoms with Gasteiger partial charge < -0.3 is 5.11 Å². The summed E-state index contributed by atoms with van der Waals surface area (Å²) < 4.78 is 0. The van der Waals surface area contributed by atoms with Crippen molar-refractivity contribution in [2.45, 2.75) is 31.3 Å². The summed E-state index contributed by atoms with van der Waals surface area (Å²) in [6.07, 6.45) is 12.3. The lowest BCUT2D eigenvalue weighted by molar-refractivity contribution is 0.0802. The van der Waals surface area contributed by atoms with E-state index in [9.17, 15) is 5.11 Å². The van der Waals surface area contributed by atoms with Crippen molar-refractivity contribution in [3.8, 4) is 12.3 Å². The van der Waals surface area contributed by atoms with Crippen LogP contribution in [-0.4, -0.2) is 10.7 Å². The van der Waals surface area contributed by atoms with E-state index in [0.29, 0.717) is 6.42 Å². The molecule has 0 aromatic rings. The van der Waals surface area contributed by atoms with Gasteiger partial charge in [-0.1, -0.05) is 12.2 Å². The largest absolute Gasteiger partial charge is 0.385 e. The highest BCUT2D eigenvalue weighted by Gasteiger charge is 2.23. The van der Waals surface area contributed by atoms with Crippen LogP contribution in [0.5, 0.6) is 0 Å². The van der Waals surface area contributed by atoms with Crippen LogP contribution in [0.1, 0.15) is 25.7 Å². The SMILES string of the molecule is C#CCC1(O)C=CCCC1. The van der Waals surface area contributed by atoms with Crippen LogP contribution in [0, 0.1) is 12.3 Å². The maximum absolute atomic E-state index is 9.64. The summed E-state index contributed by atoms with van der Waals surface area (Å²) in [6, 6.07) is 0. The van der Waals surface area contributed by atoms with Gasteiger partial charge in [0.25, 0.3) is 0 Å². The molecule has 1 heteroatoms. The van der Waals surface area contributed by atoms with Crippen LogP contribution in [0.3, 0.4) is 0 Å². The molecule has 0 spiro atoms. The summed E-state index contributed by atoms with van der Waals surface area (Å²) in [5.74, 6) is 2.48. The Labute approximate surface area is 61.8 Å². The van der Waals surface area contributed by atoms with Crippen molar-refractivity contribution in [2.75, 3.05) is 0 Å². The monoisotopic (exact) mass is 136 g/mol. The van der Waals surface area contributed by atoms with Gasteiger partial charge in [-0.05, 0) is 19.3 Å². The standard InChI is InChI=1S/C9H12O/c1-2-6-9(10)7-4-3-5-8-9/h1,4,7,10H,3,5-6,8H2. The molecule has 1 rings (SSSR count). The summed E-state index contributed by atoms with van der Waals surface area (Å²) in [4.78, 5) is 0. The molecule has 54 valence electrons. The minimum absolute atomic E-state index is 0.448. The van der Waals surface area contributed by atoms with Gasteiger partial charge in [-0.2, -0.15) is 0 Å². The van der Waals surface area contributed by atoms with Gasteiger partial charge in [-0.3, -0.25) is 0 Å². The van der Waals surface area contributed by atoms with Crippen LogP contribution in [-0.2, 0) is 0 Å². The van der Waals surface area contributed by atoms with Crippen LogP contribution in [0.15, 0.2) is 12.2 Å². The van der Waals surface area contributed by atoms with Crippen LogP contribution < -0.4 is 0 Å². The minimum Gasteiger partial charge on any atom is -0.385 e. The van der Waals surface area contributed by atoms with Crippen molar-refractivity contribution in [1.29, 1.82) is 0 Å². The molecule has 1 aliphatic carbocycles. The first-order valence-corrected chi connectivity index (χ1v) is 3.60. The van der Waals surface area contributed by atoms with Gasteiger partial charge in [-0.25, -0.2) is 0 Å².